The molecule has 23 heavy (non-hydrogen) atoms. The lowest BCUT2D eigenvalue weighted by Gasteiger charge is -2.11. The molecule has 116 valence electrons. The summed E-state index contributed by atoms with van der Waals surface area (Å²) in [5.41, 5.74) is 2.48. The fraction of sp³-hybridized carbons (Fsp3) is 0.0588. The van der Waals surface area contributed by atoms with Gasteiger partial charge in [0.1, 0.15) is 0 Å². The molecule has 3 nitrogen and oxygen atoms in total. The van der Waals surface area contributed by atoms with Crippen LogP contribution in [0.5, 0.6) is 0 Å². The highest BCUT2D eigenvalue weighted by Gasteiger charge is 2.28. The number of rotatable bonds is 2. The summed E-state index contributed by atoms with van der Waals surface area (Å²) in [6, 6.07) is 12.0. The number of anilines is 1. The highest BCUT2D eigenvalue weighted by atomic mass is 35.5. The van der Waals surface area contributed by atoms with E-state index in [0.29, 0.717) is 37.6 Å². The number of hydrogen-bond acceptors (Lipinski definition) is 2. The summed E-state index contributed by atoms with van der Waals surface area (Å²) >= 11 is 17.9. The van der Waals surface area contributed by atoms with Gasteiger partial charge in [-0.15, -0.1) is 0 Å². The van der Waals surface area contributed by atoms with Crippen LogP contribution in [0.15, 0.2) is 53.1 Å². The molecule has 0 saturated heterocycles. The first kappa shape index (κ1) is 16.1. The lowest BCUT2D eigenvalue weighted by Crippen LogP contribution is -2.21. The molecule has 0 atom stereocenters. The zero-order chi connectivity index (χ0) is 16.6. The van der Waals surface area contributed by atoms with E-state index in [4.69, 9.17) is 34.8 Å². The summed E-state index contributed by atoms with van der Waals surface area (Å²) in [5.74, 6) is -0.212. The molecule has 1 aliphatic heterocycles. The fourth-order valence-corrected chi connectivity index (χ4v) is 2.80. The predicted molar refractivity (Wildman–Crippen MR) is 96.5 cm³/mol. The van der Waals surface area contributed by atoms with E-state index in [1.165, 1.54) is 5.01 Å². The average molecular weight is 366 g/mol. The zero-order valence-electron chi connectivity index (χ0n) is 12.1. The van der Waals surface area contributed by atoms with E-state index >= 15 is 0 Å². The molecule has 0 N–H and O–H groups in total. The molecule has 0 unspecified atom stereocenters. The van der Waals surface area contributed by atoms with Gasteiger partial charge in [0, 0.05) is 15.1 Å². The van der Waals surface area contributed by atoms with E-state index in [1.54, 1.807) is 55.5 Å². The van der Waals surface area contributed by atoms with E-state index in [9.17, 15) is 4.79 Å². The van der Waals surface area contributed by atoms with Crippen LogP contribution in [0.4, 0.5) is 5.69 Å². The van der Waals surface area contributed by atoms with E-state index in [0.717, 1.165) is 0 Å². The molecule has 2 aromatic carbocycles. The van der Waals surface area contributed by atoms with Gasteiger partial charge in [0.2, 0.25) is 0 Å². The number of carbonyl (C=O) groups is 1. The third-order valence-corrected chi connectivity index (χ3v) is 4.21. The topological polar surface area (TPSA) is 32.7 Å². The minimum Gasteiger partial charge on any atom is -0.267 e. The Labute approximate surface area is 148 Å². The molecule has 1 aliphatic rings. The Morgan fingerprint density at radius 1 is 1.00 bits per heavy atom. The largest absolute Gasteiger partial charge is 0.280 e. The quantitative estimate of drug-likeness (QED) is 0.651. The molecule has 3 rings (SSSR count). The molecule has 1 heterocycles. The number of amides is 1. The minimum atomic E-state index is -0.212. The van der Waals surface area contributed by atoms with Gasteiger partial charge in [0.05, 0.1) is 17.0 Å². The van der Waals surface area contributed by atoms with Crippen LogP contribution in [0.25, 0.3) is 6.08 Å². The van der Waals surface area contributed by atoms with Gasteiger partial charge >= 0.3 is 0 Å². The summed E-state index contributed by atoms with van der Waals surface area (Å²) < 4.78 is 0. The van der Waals surface area contributed by atoms with Gasteiger partial charge in [-0.1, -0.05) is 40.9 Å². The molecule has 0 aliphatic carbocycles. The third kappa shape index (κ3) is 3.27. The van der Waals surface area contributed by atoms with Crippen LogP contribution < -0.4 is 5.01 Å². The van der Waals surface area contributed by atoms with Crippen LogP contribution in [0.3, 0.4) is 0 Å². The van der Waals surface area contributed by atoms with Crippen LogP contribution in [0.2, 0.25) is 15.1 Å². The van der Waals surface area contributed by atoms with Gasteiger partial charge in [-0.2, -0.15) is 10.1 Å². The highest BCUT2D eigenvalue weighted by Crippen LogP contribution is 2.28. The Morgan fingerprint density at radius 3 is 2.30 bits per heavy atom. The van der Waals surface area contributed by atoms with Crippen molar-refractivity contribution in [1.29, 1.82) is 0 Å². The molecule has 2 aromatic rings. The lowest BCUT2D eigenvalue weighted by atomic mass is 10.1. The number of carbonyl (C=O) groups excluding carboxylic acids is 1. The van der Waals surface area contributed by atoms with Gasteiger partial charge in [-0.3, -0.25) is 4.79 Å². The third-order valence-electron chi connectivity index (χ3n) is 3.40. The predicted octanol–water partition coefficient (Wildman–Crippen LogP) is 5.45. The summed E-state index contributed by atoms with van der Waals surface area (Å²) in [4.78, 5) is 12.6. The van der Waals surface area contributed by atoms with Crippen molar-refractivity contribution in [3.05, 3.63) is 68.7 Å². The molecule has 0 fully saturated rings. The Morgan fingerprint density at radius 2 is 1.65 bits per heavy atom. The van der Waals surface area contributed by atoms with Crippen LogP contribution in [-0.2, 0) is 4.79 Å². The van der Waals surface area contributed by atoms with Gasteiger partial charge in [0.25, 0.3) is 5.91 Å². The lowest BCUT2D eigenvalue weighted by molar-refractivity contribution is -0.114. The number of benzene rings is 2. The smallest absolute Gasteiger partial charge is 0.267 e. The summed E-state index contributed by atoms with van der Waals surface area (Å²) in [6.45, 7) is 1.78. The SMILES string of the molecule is CC1=NN(c2ccc(Cl)cc2)C(=O)/C1=C\c1ccc(Cl)cc1Cl. The minimum absolute atomic E-state index is 0.212. The summed E-state index contributed by atoms with van der Waals surface area (Å²) in [5, 5.41) is 7.29. The van der Waals surface area contributed by atoms with Crippen LogP contribution in [0.1, 0.15) is 12.5 Å². The average Bonchev–Trinajstić information content (AvgIpc) is 2.78. The maximum absolute atomic E-state index is 12.6. The summed E-state index contributed by atoms with van der Waals surface area (Å²) in [6.07, 6.45) is 1.72. The first-order valence-electron chi connectivity index (χ1n) is 6.78. The van der Waals surface area contributed by atoms with Crippen molar-refractivity contribution in [3.63, 3.8) is 0 Å². The van der Waals surface area contributed by atoms with Gasteiger partial charge in [0.15, 0.2) is 0 Å². The van der Waals surface area contributed by atoms with E-state index in [1.807, 2.05) is 0 Å². The molecule has 0 bridgehead atoms. The second kappa shape index (κ2) is 6.36. The van der Waals surface area contributed by atoms with E-state index in [2.05, 4.69) is 5.10 Å². The number of hydrazone groups is 1. The molecule has 0 radical (unpaired) electrons. The van der Waals surface area contributed by atoms with E-state index < -0.39 is 0 Å². The van der Waals surface area contributed by atoms with Crippen molar-refractivity contribution in [3.8, 4) is 0 Å². The van der Waals surface area contributed by atoms with Crippen LogP contribution in [-0.4, -0.2) is 11.6 Å². The van der Waals surface area contributed by atoms with E-state index in [-0.39, 0.29) is 5.91 Å². The maximum Gasteiger partial charge on any atom is 0.280 e. The van der Waals surface area contributed by atoms with Gasteiger partial charge in [-0.05, 0) is 55.0 Å². The Bertz CT molecular complexity index is 841. The zero-order valence-corrected chi connectivity index (χ0v) is 14.3. The van der Waals surface area contributed by atoms with Gasteiger partial charge < -0.3 is 0 Å². The standard InChI is InChI=1S/C17H11Cl3N2O/c1-10-15(8-11-2-3-13(19)9-16(11)20)17(23)22(21-10)14-6-4-12(18)5-7-14/h2-9H,1H3/b15-8-. The Hall–Kier alpha value is -1.81. The first-order valence-corrected chi connectivity index (χ1v) is 7.91. The van der Waals surface area contributed by atoms with Crippen LogP contribution >= 0.6 is 34.8 Å². The number of nitrogens with zero attached hydrogens (tertiary/aromatic N) is 2. The van der Waals surface area contributed by atoms with Crippen molar-refractivity contribution >= 4 is 58.2 Å². The molecule has 0 aromatic heterocycles. The maximum atomic E-state index is 12.6. The van der Waals surface area contributed by atoms with Crippen molar-refractivity contribution in [2.24, 2.45) is 5.10 Å². The molecular weight excluding hydrogens is 355 g/mol. The second-order valence-electron chi connectivity index (χ2n) is 5.00. The monoisotopic (exact) mass is 364 g/mol. The van der Waals surface area contributed by atoms with Crippen molar-refractivity contribution < 1.29 is 4.79 Å². The van der Waals surface area contributed by atoms with Crippen molar-refractivity contribution in [2.45, 2.75) is 6.92 Å². The molecule has 0 saturated carbocycles. The Balaban J connectivity index is 1.96. The van der Waals surface area contributed by atoms with Crippen molar-refractivity contribution in [1.82, 2.24) is 0 Å². The fourth-order valence-electron chi connectivity index (χ4n) is 2.22. The molecular formula is C17H11Cl3N2O. The van der Waals surface area contributed by atoms with Crippen LogP contribution in [0, 0.1) is 0 Å². The number of hydrogen-bond donors (Lipinski definition) is 0. The van der Waals surface area contributed by atoms with Crippen molar-refractivity contribution in [2.75, 3.05) is 5.01 Å². The molecule has 0 spiro atoms. The second-order valence-corrected chi connectivity index (χ2v) is 6.28. The highest BCUT2D eigenvalue weighted by molar-refractivity contribution is 6.37. The summed E-state index contributed by atoms with van der Waals surface area (Å²) in [7, 11) is 0. The Kier molecular flexibility index (Phi) is 4.44. The molecule has 6 heteroatoms. The number of halogens is 3. The molecule has 1 amide bonds. The normalized spacial score (nSPS) is 16.2. The van der Waals surface area contributed by atoms with Gasteiger partial charge in [-0.25, -0.2) is 0 Å². The first-order chi connectivity index (χ1) is 11.0.